The predicted octanol–water partition coefficient (Wildman–Crippen LogP) is 3.29. The second-order valence-corrected chi connectivity index (χ2v) is 5.44. The van der Waals surface area contributed by atoms with Crippen molar-refractivity contribution >= 4 is 11.7 Å². The molecule has 5 nitrogen and oxygen atoms in total. The van der Waals surface area contributed by atoms with Gasteiger partial charge in [0, 0.05) is 6.20 Å². The molecule has 1 amide bonds. The monoisotopic (exact) mass is 337 g/mol. The van der Waals surface area contributed by atoms with Crippen LogP contribution in [0.3, 0.4) is 0 Å². The summed E-state index contributed by atoms with van der Waals surface area (Å²) in [5.41, 5.74) is 13.3. The number of benzene rings is 2. The van der Waals surface area contributed by atoms with E-state index in [0.717, 1.165) is 11.1 Å². The maximum atomic E-state index is 13.9. The number of hydrogen-bond acceptors (Lipinski definition) is 4. The van der Waals surface area contributed by atoms with E-state index in [1.54, 1.807) is 42.5 Å². The Hall–Kier alpha value is -3.41. The average molecular weight is 337 g/mol. The highest BCUT2D eigenvalue weighted by Gasteiger charge is 2.14. The lowest BCUT2D eigenvalue weighted by atomic mass is 10.0. The lowest BCUT2D eigenvalue weighted by Gasteiger charge is -2.13. The molecule has 0 aliphatic heterocycles. The van der Waals surface area contributed by atoms with E-state index in [1.807, 2.05) is 0 Å². The summed E-state index contributed by atoms with van der Waals surface area (Å²) >= 11 is 0. The first kappa shape index (κ1) is 16.4. The number of primary amides is 1. The fourth-order valence-corrected chi connectivity index (χ4v) is 2.47. The van der Waals surface area contributed by atoms with Gasteiger partial charge in [0.2, 0.25) is 5.91 Å². The van der Waals surface area contributed by atoms with Gasteiger partial charge in [-0.15, -0.1) is 0 Å². The van der Waals surface area contributed by atoms with Crippen molar-refractivity contribution in [1.29, 1.82) is 0 Å². The number of hydrogen-bond donors (Lipinski definition) is 2. The van der Waals surface area contributed by atoms with Gasteiger partial charge in [-0.3, -0.25) is 4.79 Å². The van der Waals surface area contributed by atoms with Crippen LogP contribution in [-0.2, 0) is 11.2 Å². The summed E-state index contributed by atoms with van der Waals surface area (Å²) in [6.45, 7) is 0. The summed E-state index contributed by atoms with van der Waals surface area (Å²) in [5.74, 6) is -0.130. The van der Waals surface area contributed by atoms with E-state index >= 15 is 0 Å². The largest absolute Gasteiger partial charge is 0.453 e. The number of nitrogen functional groups attached to an aromatic ring is 1. The number of anilines is 1. The van der Waals surface area contributed by atoms with Crippen LogP contribution in [0.15, 0.2) is 60.8 Å². The van der Waals surface area contributed by atoms with Crippen LogP contribution in [0.1, 0.15) is 5.56 Å². The molecule has 6 heteroatoms. The number of para-hydroxylation sites is 1. The zero-order chi connectivity index (χ0) is 17.8. The van der Waals surface area contributed by atoms with Crippen molar-refractivity contribution in [2.75, 3.05) is 5.73 Å². The highest BCUT2D eigenvalue weighted by atomic mass is 19.1. The van der Waals surface area contributed by atoms with Crippen LogP contribution in [0, 0.1) is 5.82 Å². The highest BCUT2D eigenvalue weighted by molar-refractivity contribution is 5.81. The van der Waals surface area contributed by atoms with Gasteiger partial charge < -0.3 is 16.2 Å². The third-order valence-corrected chi connectivity index (χ3v) is 3.62. The van der Waals surface area contributed by atoms with Crippen LogP contribution >= 0.6 is 0 Å². The maximum Gasteiger partial charge on any atom is 0.221 e. The minimum absolute atomic E-state index is 0.0969. The first-order chi connectivity index (χ1) is 12.0. The molecule has 126 valence electrons. The molecule has 3 rings (SSSR count). The van der Waals surface area contributed by atoms with Crippen molar-refractivity contribution in [2.24, 2.45) is 5.73 Å². The number of ether oxygens (including phenoxy) is 1. The smallest absolute Gasteiger partial charge is 0.221 e. The average Bonchev–Trinajstić information content (AvgIpc) is 2.58. The molecule has 0 saturated carbocycles. The van der Waals surface area contributed by atoms with Crippen LogP contribution in [0.4, 0.5) is 10.2 Å². The van der Waals surface area contributed by atoms with E-state index in [2.05, 4.69) is 4.98 Å². The summed E-state index contributed by atoms with van der Waals surface area (Å²) in [4.78, 5) is 15.1. The van der Waals surface area contributed by atoms with E-state index in [0.29, 0.717) is 11.3 Å². The molecule has 25 heavy (non-hydrogen) atoms. The molecule has 2 aromatic carbocycles. The van der Waals surface area contributed by atoms with E-state index in [1.165, 1.54) is 18.3 Å². The minimum Gasteiger partial charge on any atom is -0.453 e. The number of carbonyl (C=O) groups excluding carboxylic acids is 1. The number of nitrogens with zero attached hydrogens (tertiary/aromatic N) is 1. The molecule has 0 atom stereocenters. The quantitative estimate of drug-likeness (QED) is 0.747. The van der Waals surface area contributed by atoms with Gasteiger partial charge in [-0.05, 0) is 29.3 Å². The molecular formula is C19H16FN3O2. The van der Waals surface area contributed by atoms with E-state index in [9.17, 15) is 9.18 Å². The third kappa shape index (κ3) is 3.74. The second kappa shape index (κ2) is 7.00. The predicted molar refractivity (Wildman–Crippen MR) is 93.5 cm³/mol. The lowest BCUT2D eigenvalue weighted by molar-refractivity contribution is -0.117. The standard InChI is InChI=1S/C19H16FN3O2/c20-14-3-1-2-4-15(14)25-16-9-10-23-19(22)18(16)13-7-5-12(6-8-13)11-17(21)24/h1-10H,11H2,(H2,21,24)(H2,22,23). The Morgan fingerprint density at radius 3 is 2.44 bits per heavy atom. The lowest BCUT2D eigenvalue weighted by Crippen LogP contribution is -2.13. The van der Waals surface area contributed by atoms with Gasteiger partial charge >= 0.3 is 0 Å². The van der Waals surface area contributed by atoms with E-state index in [-0.39, 0.29) is 18.0 Å². The summed E-state index contributed by atoms with van der Waals surface area (Å²) in [6.07, 6.45) is 1.65. The van der Waals surface area contributed by atoms with Crippen molar-refractivity contribution in [1.82, 2.24) is 4.98 Å². The molecule has 0 unspecified atom stereocenters. The second-order valence-electron chi connectivity index (χ2n) is 5.44. The molecule has 0 aliphatic rings. The summed E-state index contributed by atoms with van der Waals surface area (Å²) < 4.78 is 19.6. The summed E-state index contributed by atoms with van der Waals surface area (Å²) in [6, 6.07) is 14.9. The molecule has 0 aliphatic carbocycles. The number of rotatable bonds is 5. The molecule has 0 spiro atoms. The van der Waals surface area contributed by atoms with E-state index < -0.39 is 11.7 Å². The van der Waals surface area contributed by atoms with Crippen molar-refractivity contribution in [3.63, 3.8) is 0 Å². The molecule has 0 saturated heterocycles. The van der Waals surface area contributed by atoms with Crippen molar-refractivity contribution in [2.45, 2.75) is 6.42 Å². The van der Waals surface area contributed by atoms with Crippen LogP contribution < -0.4 is 16.2 Å². The summed E-state index contributed by atoms with van der Waals surface area (Å²) in [7, 11) is 0. The Morgan fingerprint density at radius 2 is 1.76 bits per heavy atom. The molecule has 0 fully saturated rings. The van der Waals surface area contributed by atoms with Gasteiger partial charge in [0.05, 0.1) is 12.0 Å². The number of nitrogens with two attached hydrogens (primary N) is 2. The molecule has 1 heterocycles. The first-order valence-electron chi connectivity index (χ1n) is 7.59. The van der Waals surface area contributed by atoms with Crippen LogP contribution in [0.2, 0.25) is 0 Å². The van der Waals surface area contributed by atoms with Gasteiger partial charge in [0.15, 0.2) is 11.6 Å². The number of amides is 1. The zero-order valence-electron chi connectivity index (χ0n) is 13.3. The molecule has 3 aromatic rings. The van der Waals surface area contributed by atoms with Gasteiger partial charge in [0.1, 0.15) is 11.6 Å². The zero-order valence-corrected chi connectivity index (χ0v) is 13.3. The Bertz CT molecular complexity index is 911. The Balaban J connectivity index is 1.99. The number of aromatic nitrogens is 1. The third-order valence-electron chi connectivity index (χ3n) is 3.62. The molecule has 0 radical (unpaired) electrons. The normalized spacial score (nSPS) is 10.4. The maximum absolute atomic E-state index is 13.9. The highest BCUT2D eigenvalue weighted by Crippen LogP contribution is 2.37. The van der Waals surface area contributed by atoms with Crippen molar-refractivity contribution in [3.05, 3.63) is 72.2 Å². The molecular weight excluding hydrogens is 321 g/mol. The van der Waals surface area contributed by atoms with Crippen LogP contribution in [0.5, 0.6) is 11.5 Å². The van der Waals surface area contributed by atoms with Gasteiger partial charge in [-0.2, -0.15) is 0 Å². The Kier molecular flexibility index (Phi) is 4.61. The van der Waals surface area contributed by atoms with Gasteiger partial charge in [0.25, 0.3) is 0 Å². The Morgan fingerprint density at radius 1 is 1.04 bits per heavy atom. The number of pyridine rings is 1. The fourth-order valence-electron chi connectivity index (χ4n) is 2.47. The number of carbonyl (C=O) groups is 1. The molecule has 0 bridgehead atoms. The minimum atomic E-state index is -0.472. The Labute approximate surface area is 144 Å². The SMILES string of the molecule is NC(=O)Cc1ccc(-c2c(Oc3ccccc3F)ccnc2N)cc1. The van der Waals surface area contributed by atoms with E-state index in [4.69, 9.17) is 16.2 Å². The van der Waals surface area contributed by atoms with Crippen molar-refractivity contribution in [3.8, 4) is 22.6 Å². The first-order valence-corrected chi connectivity index (χ1v) is 7.59. The fraction of sp³-hybridized carbons (Fsp3) is 0.0526. The van der Waals surface area contributed by atoms with Gasteiger partial charge in [-0.25, -0.2) is 9.37 Å². The van der Waals surface area contributed by atoms with Crippen molar-refractivity contribution < 1.29 is 13.9 Å². The number of halogens is 1. The van der Waals surface area contributed by atoms with Gasteiger partial charge in [-0.1, -0.05) is 36.4 Å². The topological polar surface area (TPSA) is 91.2 Å². The van der Waals surface area contributed by atoms with Crippen LogP contribution in [-0.4, -0.2) is 10.9 Å². The van der Waals surface area contributed by atoms with Crippen LogP contribution in [0.25, 0.3) is 11.1 Å². The molecule has 1 aromatic heterocycles. The molecule has 4 N–H and O–H groups in total. The summed E-state index contributed by atoms with van der Waals surface area (Å²) in [5, 5.41) is 0.